The Morgan fingerprint density at radius 2 is 2.07 bits per heavy atom. The van der Waals surface area contributed by atoms with E-state index in [1.807, 2.05) is 18.2 Å². The van der Waals surface area contributed by atoms with E-state index in [0.29, 0.717) is 30.7 Å². The van der Waals surface area contributed by atoms with Gasteiger partial charge in [-0.3, -0.25) is 4.90 Å². The van der Waals surface area contributed by atoms with Gasteiger partial charge in [-0.1, -0.05) is 18.2 Å². The van der Waals surface area contributed by atoms with E-state index in [9.17, 15) is 20.1 Å². The topological polar surface area (TPSA) is 111 Å². The molecule has 4 N–H and O–H groups in total. The lowest BCUT2D eigenvalue weighted by Gasteiger charge is -2.71. The number of esters is 1. The third-order valence-corrected chi connectivity index (χ3v) is 8.83. The SMILES string of the molecule is COC(=O)[C@]1(O)[C@H](O)[C@@]23C=CCN4CC[C@@]5(c6ccc(OC)c(O)c6N[C@]15CC2)[C@@H]43. The van der Waals surface area contributed by atoms with Crippen LogP contribution in [-0.2, 0) is 14.9 Å². The molecule has 2 bridgehead atoms. The second kappa shape index (κ2) is 5.30. The summed E-state index contributed by atoms with van der Waals surface area (Å²) in [6, 6.07) is 3.55. The molecule has 7 rings (SSSR count). The monoisotopic (exact) mass is 414 g/mol. The Morgan fingerprint density at radius 3 is 2.80 bits per heavy atom. The molecule has 160 valence electrons. The highest BCUT2D eigenvalue weighted by atomic mass is 16.5. The predicted octanol–water partition coefficient (Wildman–Crippen LogP) is 0.506. The van der Waals surface area contributed by atoms with E-state index in [-0.39, 0.29) is 11.8 Å². The van der Waals surface area contributed by atoms with Gasteiger partial charge in [0.05, 0.1) is 25.4 Å². The Morgan fingerprint density at radius 1 is 1.27 bits per heavy atom. The summed E-state index contributed by atoms with van der Waals surface area (Å²) in [6.45, 7) is 1.53. The van der Waals surface area contributed by atoms with Crippen LogP contribution in [0.2, 0.25) is 0 Å². The molecule has 3 spiro atoms. The summed E-state index contributed by atoms with van der Waals surface area (Å²) in [5.74, 6) is -0.578. The number of fused-ring (bicyclic) bond motifs is 3. The number of phenolic OH excluding ortho intramolecular Hbond substituents is 1. The third-order valence-electron chi connectivity index (χ3n) is 8.83. The number of nitrogens with zero attached hydrogens (tertiary/aromatic N) is 1. The van der Waals surface area contributed by atoms with Crippen LogP contribution in [0.3, 0.4) is 0 Å². The molecule has 0 amide bonds. The van der Waals surface area contributed by atoms with Crippen LogP contribution in [0.5, 0.6) is 11.5 Å². The fourth-order valence-electron chi connectivity index (χ4n) is 7.89. The van der Waals surface area contributed by atoms with Crippen molar-refractivity contribution in [1.82, 2.24) is 4.90 Å². The molecular formula is C22H26N2O6. The van der Waals surface area contributed by atoms with Gasteiger partial charge in [0.2, 0.25) is 5.60 Å². The maximum Gasteiger partial charge on any atom is 0.343 e. The molecule has 3 heterocycles. The van der Waals surface area contributed by atoms with Gasteiger partial charge in [-0.05, 0) is 37.4 Å². The lowest BCUT2D eigenvalue weighted by molar-refractivity contribution is -0.258. The molecule has 1 saturated heterocycles. The van der Waals surface area contributed by atoms with E-state index < -0.39 is 34.0 Å². The molecule has 3 saturated carbocycles. The molecule has 1 aromatic carbocycles. The zero-order chi connectivity index (χ0) is 21.1. The number of rotatable bonds is 2. The maximum absolute atomic E-state index is 13.1. The first-order valence-electron chi connectivity index (χ1n) is 10.4. The number of aliphatic hydroxyl groups is 2. The van der Waals surface area contributed by atoms with Crippen molar-refractivity contribution in [2.75, 3.05) is 32.6 Å². The summed E-state index contributed by atoms with van der Waals surface area (Å²) in [5, 5.41) is 38.0. The quantitative estimate of drug-likeness (QED) is 0.315. The molecule has 8 nitrogen and oxygen atoms in total. The van der Waals surface area contributed by atoms with Gasteiger partial charge in [0, 0.05) is 23.4 Å². The molecule has 3 aliphatic carbocycles. The Kier molecular flexibility index (Phi) is 3.26. The minimum atomic E-state index is -2.17. The minimum Gasteiger partial charge on any atom is -0.503 e. The molecule has 30 heavy (non-hydrogen) atoms. The zero-order valence-electron chi connectivity index (χ0n) is 17.0. The normalized spacial score (nSPS) is 44.8. The molecular weight excluding hydrogens is 388 g/mol. The number of methoxy groups -OCH3 is 2. The van der Waals surface area contributed by atoms with Crippen molar-refractivity contribution in [2.24, 2.45) is 5.41 Å². The Balaban J connectivity index is 1.72. The van der Waals surface area contributed by atoms with Crippen molar-refractivity contribution >= 4 is 11.7 Å². The first kappa shape index (κ1) is 18.5. The highest BCUT2D eigenvalue weighted by Crippen LogP contribution is 2.75. The van der Waals surface area contributed by atoms with Gasteiger partial charge in [-0.15, -0.1) is 0 Å². The van der Waals surface area contributed by atoms with Crippen LogP contribution < -0.4 is 10.1 Å². The van der Waals surface area contributed by atoms with Crippen molar-refractivity contribution in [3.63, 3.8) is 0 Å². The van der Waals surface area contributed by atoms with E-state index in [2.05, 4.69) is 10.2 Å². The van der Waals surface area contributed by atoms with Crippen LogP contribution in [0, 0.1) is 5.41 Å². The summed E-state index contributed by atoms with van der Waals surface area (Å²) in [4.78, 5) is 15.5. The molecule has 8 heteroatoms. The molecule has 3 aliphatic heterocycles. The second-order valence-electron chi connectivity index (χ2n) is 9.36. The number of nitrogens with one attached hydrogen (secondary N) is 1. The number of ether oxygens (including phenoxy) is 2. The number of carbonyl (C=O) groups is 1. The summed E-state index contributed by atoms with van der Waals surface area (Å²) >= 11 is 0. The summed E-state index contributed by atoms with van der Waals surface area (Å²) in [7, 11) is 2.71. The number of phenols is 1. The van der Waals surface area contributed by atoms with Crippen molar-refractivity contribution < 1.29 is 29.6 Å². The van der Waals surface area contributed by atoms with Gasteiger partial charge in [-0.2, -0.15) is 0 Å². The van der Waals surface area contributed by atoms with Gasteiger partial charge in [-0.25, -0.2) is 4.79 Å². The third kappa shape index (κ3) is 1.52. The average Bonchev–Trinajstić information content (AvgIpc) is 3.31. The smallest absolute Gasteiger partial charge is 0.343 e. The van der Waals surface area contributed by atoms with Crippen molar-refractivity contribution in [1.29, 1.82) is 0 Å². The Bertz CT molecular complexity index is 1010. The number of anilines is 1. The van der Waals surface area contributed by atoms with Gasteiger partial charge >= 0.3 is 5.97 Å². The van der Waals surface area contributed by atoms with Crippen LogP contribution in [0.4, 0.5) is 5.69 Å². The average molecular weight is 414 g/mol. The molecule has 4 fully saturated rings. The highest BCUT2D eigenvalue weighted by molar-refractivity contribution is 5.89. The summed E-state index contributed by atoms with van der Waals surface area (Å²) < 4.78 is 10.4. The number of carbonyl (C=O) groups excluding carboxylic acids is 1. The van der Waals surface area contributed by atoms with Crippen molar-refractivity contribution in [2.45, 2.75) is 48.0 Å². The number of aliphatic hydroxyl groups excluding tert-OH is 1. The second-order valence-corrected chi connectivity index (χ2v) is 9.36. The van der Waals surface area contributed by atoms with Gasteiger partial charge < -0.3 is 30.1 Å². The van der Waals surface area contributed by atoms with Crippen LogP contribution in [-0.4, -0.2) is 76.8 Å². The van der Waals surface area contributed by atoms with Crippen LogP contribution in [0.25, 0.3) is 0 Å². The number of benzene rings is 1. The first-order chi connectivity index (χ1) is 14.3. The molecule has 6 aliphatic rings. The standard InChI is InChI=1S/C22H26N2O6/c1-29-13-5-4-12-14(15(13)25)23-21-8-7-19(17(26)22(21,28)18(27)30-2)6-3-10-24-11-9-20(12,21)16(19)24/h3-6,16-17,23,25-26,28H,7-11H2,1-2H3/t16-,17+,19-,20+,21-,22+/m0/s1. The molecule has 0 unspecified atom stereocenters. The molecule has 0 aromatic heterocycles. The van der Waals surface area contributed by atoms with E-state index in [0.717, 1.165) is 18.7 Å². The van der Waals surface area contributed by atoms with Gasteiger partial charge in [0.25, 0.3) is 0 Å². The van der Waals surface area contributed by atoms with E-state index in [4.69, 9.17) is 9.47 Å². The zero-order valence-corrected chi connectivity index (χ0v) is 17.0. The summed E-state index contributed by atoms with van der Waals surface area (Å²) in [5.41, 5.74) is -3.49. The lowest BCUT2D eigenvalue weighted by Crippen LogP contribution is -2.88. The Hall–Kier alpha value is -2.29. The van der Waals surface area contributed by atoms with Crippen LogP contribution in [0.15, 0.2) is 24.3 Å². The van der Waals surface area contributed by atoms with Gasteiger partial charge in [0.15, 0.2) is 11.5 Å². The van der Waals surface area contributed by atoms with Crippen LogP contribution >= 0.6 is 0 Å². The molecule has 0 radical (unpaired) electrons. The van der Waals surface area contributed by atoms with Crippen molar-refractivity contribution in [3.05, 3.63) is 29.8 Å². The van der Waals surface area contributed by atoms with Crippen LogP contribution in [0.1, 0.15) is 24.8 Å². The van der Waals surface area contributed by atoms with Crippen molar-refractivity contribution in [3.8, 4) is 11.5 Å². The first-order valence-corrected chi connectivity index (χ1v) is 10.4. The molecule has 6 atom stereocenters. The largest absolute Gasteiger partial charge is 0.503 e. The Labute approximate surface area is 174 Å². The van der Waals surface area contributed by atoms with E-state index >= 15 is 0 Å². The minimum absolute atomic E-state index is 0.0443. The van der Waals surface area contributed by atoms with Gasteiger partial charge in [0.1, 0.15) is 6.10 Å². The highest BCUT2D eigenvalue weighted by Gasteiger charge is 2.87. The lowest BCUT2D eigenvalue weighted by atomic mass is 9.37. The predicted molar refractivity (Wildman–Crippen MR) is 106 cm³/mol. The fraction of sp³-hybridized carbons (Fsp3) is 0.591. The van der Waals surface area contributed by atoms with E-state index in [1.54, 1.807) is 6.07 Å². The molecule has 1 aromatic rings. The summed E-state index contributed by atoms with van der Waals surface area (Å²) in [6.07, 6.45) is 4.46. The number of hydrogen-bond acceptors (Lipinski definition) is 8. The van der Waals surface area contributed by atoms with E-state index in [1.165, 1.54) is 14.2 Å². The maximum atomic E-state index is 13.1. The fourth-order valence-corrected chi connectivity index (χ4v) is 7.89. The number of aromatic hydroxyl groups is 1. The number of hydrogen-bond donors (Lipinski definition) is 4.